The zero-order chi connectivity index (χ0) is 23.2. The van der Waals surface area contributed by atoms with E-state index in [1.165, 1.54) is 12.1 Å². The molecule has 3 aromatic rings. The Morgan fingerprint density at radius 1 is 1.19 bits per heavy atom. The minimum absolute atomic E-state index is 0.134. The molecule has 0 radical (unpaired) electrons. The maximum absolute atomic E-state index is 15.5. The number of rotatable bonds is 4. The Bertz CT molecular complexity index is 1140. The van der Waals surface area contributed by atoms with Crippen molar-refractivity contribution >= 4 is 16.8 Å². The van der Waals surface area contributed by atoms with E-state index in [0.29, 0.717) is 18.7 Å². The highest BCUT2D eigenvalue weighted by Gasteiger charge is 2.44. The summed E-state index contributed by atoms with van der Waals surface area (Å²) in [6.07, 6.45) is 1.34. The molecule has 4 nitrogen and oxygen atoms in total. The lowest BCUT2D eigenvalue weighted by Crippen LogP contribution is -2.50. The number of amides is 1. The molecule has 1 aliphatic heterocycles. The largest absolute Gasteiger partial charge is 0.493 e. The highest BCUT2D eigenvalue weighted by atomic mass is 19.1. The van der Waals surface area contributed by atoms with E-state index in [-0.39, 0.29) is 23.3 Å². The summed E-state index contributed by atoms with van der Waals surface area (Å²) in [5, 5.41) is 1.02. The Morgan fingerprint density at radius 2 is 1.84 bits per heavy atom. The van der Waals surface area contributed by atoms with Crippen LogP contribution in [0.4, 0.5) is 8.78 Å². The second-order valence-corrected chi connectivity index (χ2v) is 9.63. The third-order valence-electron chi connectivity index (χ3n) is 6.05. The standard InChI is InChI=1S/C26H30F2N2O2/c1-6-11-32-16-13-19(27)22(20(28)14-16)24-23-18(17-9-7-8-10-21(17)29-23)12-15(2)30(24)25(31)26(3,4)5/h7-10,13-15,24,29H,6,11-12H2,1-5H3/t15-,24-/m1/s1. The van der Waals surface area contributed by atoms with Crippen molar-refractivity contribution in [2.75, 3.05) is 6.61 Å². The lowest BCUT2D eigenvalue weighted by Gasteiger charge is -2.43. The maximum atomic E-state index is 15.5. The van der Waals surface area contributed by atoms with Crippen molar-refractivity contribution in [2.45, 2.75) is 59.5 Å². The SMILES string of the molecule is CCCOc1cc(F)c([C@@H]2c3[nH]c4ccccc4c3C[C@@H](C)N2C(=O)C(C)(C)C)c(F)c1. The highest BCUT2D eigenvalue weighted by Crippen LogP contribution is 2.44. The first-order valence-corrected chi connectivity index (χ1v) is 11.2. The van der Waals surface area contributed by atoms with Crippen molar-refractivity contribution in [3.8, 4) is 5.75 Å². The molecule has 0 saturated heterocycles. The fourth-order valence-electron chi connectivity index (χ4n) is 4.58. The van der Waals surface area contributed by atoms with Gasteiger partial charge in [0.15, 0.2) is 0 Å². The van der Waals surface area contributed by atoms with Crippen LogP contribution in [0.15, 0.2) is 36.4 Å². The van der Waals surface area contributed by atoms with Crippen molar-refractivity contribution in [2.24, 2.45) is 5.41 Å². The number of fused-ring (bicyclic) bond motifs is 3. The summed E-state index contributed by atoms with van der Waals surface area (Å²) >= 11 is 0. The number of carbonyl (C=O) groups is 1. The monoisotopic (exact) mass is 440 g/mol. The van der Waals surface area contributed by atoms with Crippen molar-refractivity contribution in [3.05, 3.63) is 64.9 Å². The molecular weight excluding hydrogens is 410 g/mol. The number of ether oxygens (including phenoxy) is 1. The van der Waals surface area contributed by atoms with Crippen LogP contribution in [0, 0.1) is 17.0 Å². The van der Waals surface area contributed by atoms with Crippen molar-refractivity contribution in [1.29, 1.82) is 0 Å². The number of nitrogens with zero attached hydrogens (tertiary/aromatic N) is 1. The van der Waals surface area contributed by atoms with Gasteiger partial charge in [0.2, 0.25) is 5.91 Å². The molecule has 6 heteroatoms. The summed E-state index contributed by atoms with van der Waals surface area (Å²) in [4.78, 5) is 18.5. The van der Waals surface area contributed by atoms with E-state index in [4.69, 9.17) is 4.74 Å². The van der Waals surface area contributed by atoms with Gasteiger partial charge >= 0.3 is 0 Å². The number of nitrogens with one attached hydrogen (secondary N) is 1. The van der Waals surface area contributed by atoms with E-state index in [1.807, 2.05) is 58.9 Å². The number of H-pyrrole nitrogens is 1. The van der Waals surface area contributed by atoms with E-state index in [2.05, 4.69) is 4.98 Å². The summed E-state index contributed by atoms with van der Waals surface area (Å²) < 4.78 is 36.4. The predicted molar refractivity (Wildman–Crippen MR) is 122 cm³/mol. The van der Waals surface area contributed by atoms with Gasteiger partial charge < -0.3 is 14.6 Å². The van der Waals surface area contributed by atoms with Gasteiger partial charge in [0.25, 0.3) is 0 Å². The van der Waals surface area contributed by atoms with Gasteiger partial charge in [-0.2, -0.15) is 0 Å². The molecule has 1 N–H and O–H groups in total. The maximum Gasteiger partial charge on any atom is 0.229 e. The summed E-state index contributed by atoms with van der Waals surface area (Å²) in [5.74, 6) is -1.43. The zero-order valence-electron chi connectivity index (χ0n) is 19.3. The van der Waals surface area contributed by atoms with Crippen LogP contribution in [-0.4, -0.2) is 28.4 Å². The third kappa shape index (κ3) is 3.76. The zero-order valence-corrected chi connectivity index (χ0v) is 19.3. The normalized spacial score (nSPS) is 18.7. The van der Waals surface area contributed by atoms with Crippen LogP contribution in [-0.2, 0) is 11.2 Å². The molecule has 0 fully saturated rings. The molecule has 0 saturated carbocycles. The van der Waals surface area contributed by atoms with Gasteiger partial charge in [-0.15, -0.1) is 0 Å². The van der Waals surface area contributed by atoms with Crippen molar-refractivity contribution in [1.82, 2.24) is 9.88 Å². The van der Waals surface area contributed by atoms with Gasteiger partial charge in [-0.3, -0.25) is 4.79 Å². The highest BCUT2D eigenvalue weighted by molar-refractivity contribution is 5.88. The van der Waals surface area contributed by atoms with Crippen LogP contribution >= 0.6 is 0 Å². The first kappa shape index (κ1) is 22.3. The third-order valence-corrected chi connectivity index (χ3v) is 6.05. The molecular formula is C26H30F2N2O2. The van der Waals surface area contributed by atoms with Crippen LogP contribution in [0.25, 0.3) is 10.9 Å². The predicted octanol–water partition coefficient (Wildman–Crippen LogP) is 6.14. The second-order valence-electron chi connectivity index (χ2n) is 9.63. The number of hydrogen-bond donors (Lipinski definition) is 1. The summed E-state index contributed by atoms with van der Waals surface area (Å²) in [5.41, 5.74) is 1.73. The number of carbonyl (C=O) groups excluding carboxylic acids is 1. The first-order chi connectivity index (χ1) is 15.1. The molecule has 1 aliphatic rings. The van der Waals surface area contributed by atoms with Crippen molar-refractivity contribution in [3.63, 3.8) is 0 Å². The minimum Gasteiger partial charge on any atom is -0.493 e. The smallest absolute Gasteiger partial charge is 0.229 e. The molecule has 4 rings (SSSR count). The number of aromatic amines is 1. The Morgan fingerprint density at radius 3 is 2.47 bits per heavy atom. The topological polar surface area (TPSA) is 45.3 Å². The summed E-state index contributed by atoms with van der Waals surface area (Å²) in [7, 11) is 0. The average Bonchev–Trinajstić information content (AvgIpc) is 3.09. The number of para-hydroxylation sites is 1. The van der Waals surface area contributed by atoms with Gasteiger partial charge in [0, 0.05) is 40.2 Å². The van der Waals surface area contributed by atoms with E-state index in [9.17, 15) is 4.79 Å². The van der Waals surface area contributed by atoms with Crippen LogP contribution in [0.1, 0.15) is 63.9 Å². The minimum atomic E-state index is -0.895. The van der Waals surface area contributed by atoms with E-state index < -0.39 is 23.1 Å². The fourth-order valence-corrected chi connectivity index (χ4v) is 4.58. The lowest BCUT2D eigenvalue weighted by molar-refractivity contribution is -0.144. The molecule has 2 atom stereocenters. The van der Waals surface area contributed by atoms with Gasteiger partial charge in [-0.1, -0.05) is 45.9 Å². The van der Waals surface area contributed by atoms with Gasteiger partial charge in [0.1, 0.15) is 23.4 Å². The molecule has 32 heavy (non-hydrogen) atoms. The van der Waals surface area contributed by atoms with Crippen LogP contribution in [0.5, 0.6) is 5.75 Å². The number of benzene rings is 2. The molecule has 0 bridgehead atoms. The molecule has 1 aromatic heterocycles. The molecule has 170 valence electrons. The van der Waals surface area contributed by atoms with Crippen LogP contribution in [0.3, 0.4) is 0 Å². The van der Waals surface area contributed by atoms with E-state index in [1.54, 1.807) is 4.90 Å². The summed E-state index contributed by atoms with van der Waals surface area (Å²) in [6, 6.07) is 9.13. The fraction of sp³-hybridized carbons (Fsp3) is 0.423. The van der Waals surface area contributed by atoms with Crippen LogP contribution in [0.2, 0.25) is 0 Å². The van der Waals surface area contributed by atoms with E-state index >= 15 is 8.78 Å². The molecule has 0 unspecified atom stereocenters. The Labute approximate surface area is 187 Å². The number of hydrogen-bond acceptors (Lipinski definition) is 2. The molecule has 1 amide bonds. The second kappa shape index (κ2) is 8.23. The number of halogens is 2. The quantitative estimate of drug-likeness (QED) is 0.529. The molecule has 2 heterocycles. The first-order valence-electron chi connectivity index (χ1n) is 11.2. The van der Waals surface area contributed by atoms with Gasteiger partial charge in [0.05, 0.1) is 12.2 Å². The molecule has 2 aromatic carbocycles. The summed E-state index contributed by atoms with van der Waals surface area (Å²) in [6.45, 7) is 9.73. The molecule has 0 spiro atoms. The number of aromatic nitrogens is 1. The van der Waals surface area contributed by atoms with Gasteiger partial charge in [-0.25, -0.2) is 8.78 Å². The Balaban J connectivity index is 1.94. The van der Waals surface area contributed by atoms with Gasteiger partial charge in [-0.05, 0) is 31.4 Å². The Kier molecular flexibility index (Phi) is 5.74. The van der Waals surface area contributed by atoms with Crippen LogP contribution < -0.4 is 4.74 Å². The molecule has 0 aliphatic carbocycles. The van der Waals surface area contributed by atoms with Crippen molar-refractivity contribution < 1.29 is 18.3 Å². The lowest BCUT2D eigenvalue weighted by atomic mass is 9.84. The average molecular weight is 441 g/mol. The van der Waals surface area contributed by atoms with E-state index in [0.717, 1.165) is 22.9 Å². The Hall–Kier alpha value is -2.89.